The van der Waals surface area contributed by atoms with Gasteiger partial charge in [-0.15, -0.1) is 0 Å². The van der Waals surface area contributed by atoms with E-state index >= 15 is 0 Å². The van der Waals surface area contributed by atoms with Crippen molar-refractivity contribution in [1.82, 2.24) is 9.55 Å². The lowest BCUT2D eigenvalue weighted by atomic mass is 10.1. The summed E-state index contributed by atoms with van der Waals surface area (Å²) >= 11 is 0. The highest BCUT2D eigenvalue weighted by Crippen LogP contribution is 2.31. The van der Waals surface area contributed by atoms with Gasteiger partial charge < -0.3 is 25.8 Å². The van der Waals surface area contributed by atoms with E-state index in [4.69, 9.17) is 15.6 Å². The Morgan fingerprint density at radius 3 is 2.78 bits per heavy atom. The summed E-state index contributed by atoms with van der Waals surface area (Å²) in [5, 5.41) is 27.4. The molecular formula is C9H15N3O5Si. The fourth-order valence-electron chi connectivity index (χ4n) is 2.06. The van der Waals surface area contributed by atoms with Crippen molar-refractivity contribution in [3.8, 4) is 0 Å². The Hall–Kier alpha value is -1.26. The Labute approximate surface area is 105 Å². The van der Waals surface area contributed by atoms with Crippen LogP contribution in [0.15, 0.2) is 17.1 Å². The quantitative estimate of drug-likeness (QED) is 0.403. The maximum atomic E-state index is 11.7. The Bertz CT molecular complexity index is 509. The summed E-state index contributed by atoms with van der Waals surface area (Å²) in [7, 11) is 0.220. The summed E-state index contributed by atoms with van der Waals surface area (Å²) in [4.78, 5) is 15.3. The third-order valence-corrected chi connectivity index (χ3v) is 4.44. The van der Waals surface area contributed by atoms with E-state index in [9.17, 15) is 15.0 Å². The summed E-state index contributed by atoms with van der Waals surface area (Å²) in [5.41, 5.74) is 4.71. The van der Waals surface area contributed by atoms with Crippen LogP contribution in [0.4, 0.5) is 5.82 Å². The van der Waals surface area contributed by atoms with E-state index in [1.165, 1.54) is 12.3 Å². The Morgan fingerprint density at radius 1 is 1.61 bits per heavy atom. The largest absolute Gasteiger partial charge is 0.394 e. The first kappa shape index (κ1) is 13.2. The van der Waals surface area contributed by atoms with E-state index in [1.807, 2.05) is 0 Å². The van der Waals surface area contributed by atoms with Gasteiger partial charge in [-0.05, 0) is 6.07 Å². The third kappa shape index (κ3) is 1.85. The highest BCUT2D eigenvalue weighted by atomic mass is 28.1. The van der Waals surface area contributed by atoms with Crippen LogP contribution in [-0.2, 0) is 10.1 Å². The maximum absolute atomic E-state index is 11.7. The molecule has 0 saturated carbocycles. The molecule has 8 nitrogen and oxygen atoms in total. The van der Waals surface area contributed by atoms with Crippen LogP contribution >= 0.6 is 0 Å². The average molecular weight is 273 g/mol. The molecule has 1 saturated heterocycles. The van der Waals surface area contributed by atoms with Gasteiger partial charge in [0.25, 0.3) is 0 Å². The molecule has 4 atom stereocenters. The molecule has 0 bridgehead atoms. The number of anilines is 1. The molecule has 1 aromatic heterocycles. The van der Waals surface area contributed by atoms with Crippen LogP contribution in [0.1, 0.15) is 0 Å². The minimum absolute atomic E-state index is 0.0632. The standard InChI is InChI=1S/C9H15N3O5Si/c10-5-1-2-12(8(16)11-5)9(18)7(15)6(14)4(3-13)17-9/h1-2,4,6-7,13-15H,3H2,18H3,(H2,10,11,16)/t4-,6-,7-,9+/m1/s1. The molecule has 9 heteroatoms. The van der Waals surface area contributed by atoms with Crippen LogP contribution in [0.25, 0.3) is 0 Å². The minimum atomic E-state index is -1.36. The topological polar surface area (TPSA) is 131 Å². The molecule has 0 aliphatic carbocycles. The smallest absolute Gasteiger partial charge is 0.351 e. The van der Waals surface area contributed by atoms with Crippen molar-refractivity contribution in [3.63, 3.8) is 0 Å². The number of ether oxygens (including phenoxy) is 1. The van der Waals surface area contributed by atoms with Crippen molar-refractivity contribution in [3.05, 3.63) is 22.7 Å². The minimum Gasteiger partial charge on any atom is -0.394 e. The highest BCUT2D eigenvalue weighted by Gasteiger charge is 2.52. The van der Waals surface area contributed by atoms with Crippen molar-refractivity contribution in [2.24, 2.45) is 0 Å². The Morgan fingerprint density at radius 2 is 2.28 bits per heavy atom. The van der Waals surface area contributed by atoms with Gasteiger partial charge in [-0.25, -0.2) is 4.79 Å². The second-order valence-corrected chi connectivity index (χ2v) is 5.77. The first-order valence-corrected chi connectivity index (χ1v) is 6.40. The monoisotopic (exact) mass is 273 g/mol. The van der Waals surface area contributed by atoms with E-state index in [-0.39, 0.29) is 16.1 Å². The lowest BCUT2D eigenvalue weighted by Gasteiger charge is -2.29. The molecule has 0 amide bonds. The van der Waals surface area contributed by atoms with E-state index < -0.39 is 36.0 Å². The van der Waals surface area contributed by atoms with Gasteiger partial charge in [0.15, 0.2) is 5.35 Å². The summed E-state index contributed by atoms with van der Waals surface area (Å²) in [6.45, 7) is -0.445. The first-order valence-electron chi connectivity index (χ1n) is 5.40. The number of aliphatic hydroxyl groups is 3. The van der Waals surface area contributed by atoms with Gasteiger partial charge in [0.2, 0.25) is 0 Å². The average Bonchev–Trinajstić information content (AvgIpc) is 2.54. The third-order valence-electron chi connectivity index (χ3n) is 3.13. The Kier molecular flexibility index (Phi) is 3.25. The zero-order valence-electron chi connectivity index (χ0n) is 9.72. The molecule has 1 aromatic rings. The number of nitrogens with two attached hydrogens (primary N) is 1. The molecule has 0 unspecified atom stereocenters. The number of rotatable bonds is 2. The molecule has 1 aliphatic rings. The molecule has 2 heterocycles. The number of aromatic nitrogens is 2. The highest BCUT2D eigenvalue weighted by molar-refractivity contribution is 6.13. The number of nitrogens with zero attached hydrogens (tertiary/aromatic N) is 2. The molecule has 0 spiro atoms. The van der Waals surface area contributed by atoms with Crippen LogP contribution in [0.2, 0.25) is 0 Å². The van der Waals surface area contributed by atoms with Gasteiger partial charge in [0.05, 0.1) is 16.8 Å². The van der Waals surface area contributed by atoms with Crippen LogP contribution < -0.4 is 11.4 Å². The summed E-state index contributed by atoms with van der Waals surface area (Å²) in [6.07, 6.45) is -2.13. The van der Waals surface area contributed by atoms with Gasteiger partial charge in [-0.1, -0.05) is 0 Å². The van der Waals surface area contributed by atoms with E-state index in [2.05, 4.69) is 4.98 Å². The zero-order valence-corrected chi connectivity index (χ0v) is 11.7. The molecule has 1 aliphatic heterocycles. The van der Waals surface area contributed by atoms with Gasteiger partial charge in [0, 0.05) is 6.20 Å². The number of hydrogen-bond donors (Lipinski definition) is 4. The van der Waals surface area contributed by atoms with Crippen molar-refractivity contribution < 1.29 is 20.1 Å². The second-order valence-electron chi connectivity index (χ2n) is 4.33. The van der Waals surface area contributed by atoms with Gasteiger partial charge in [-0.3, -0.25) is 4.57 Å². The lowest BCUT2D eigenvalue weighted by Crippen LogP contribution is -2.51. The SMILES string of the molecule is Nc1ccn([C@]2([SiH3])O[C@H](CO)[C@@H](O)[C@H]2O)c(=O)n1. The lowest BCUT2D eigenvalue weighted by molar-refractivity contribution is -0.0888. The molecular weight excluding hydrogens is 258 g/mol. The number of hydrogen-bond acceptors (Lipinski definition) is 7. The number of nitrogen functional groups attached to an aromatic ring is 1. The van der Waals surface area contributed by atoms with Crippen molar-refractivity contribution in [2.45, 2.75) is 23.7 Å². The molecule has 100 valence electrons. The zero-order chi connectivity index (χ0) is 13.5. The molecule has 18 heavy (non-hydrogen) atoms. The van der Waals surface area contributed by atoms with Crippen molar-refractivity contribution in [2.75, 3.05) is 12.3 Å². The van der Waals surface area contributed by atoms with Crippen LogP contribution in [0, 0.1) is 0 Å². The number of aliphatic hydroxyl groups excluding tert-OH is 3. The van der Waals surface area contributed by atoms with E-state index in [0.717, 1.165) is 4.57 Å². The normalized spacial score (nSPS) is 36.1. The first-order chi connectivity index (χ1) is 8.40. The fraction of sp³-hybridized carbons (Fsp3) is 0.556. The fourth-order valence-corrected chi connectivity index (χ4v) is 3.05. The van der Waals surface area contributed by atoms with Gasteiger partial charge in [-0.2, -0.15) is 4.98 Å². The second kappa shape index (κ2) is 4.44. The predicted octanol–water partition coefficient (Wildman–Crippen LogP) is -4.09. The van der Waals surface area contributed by atoms with Gasteiger partial charge in [0.1, 0.15) is 24.1 Å². The van der Waals surface area contributed by atoms with Crippen LogP contribution in [0.3, 0.4) is 0 Å². The summed E-state index contributed by atoms with van der Waals surface area (Å²) in [6, 6.07) is 1.40. The van der Waals surface area contributed by atoms with Crippen LogP contribution in [0.5, 0.6) is 0 Å². The van der Waals surface area contributed by atoms with Gasteiger partial charge >= 0.3 is 5.69 Å². The summed E-state index contributed by atoms with van der Waals surface area (Å²) in [5.74, 6) is 0.0632. The van der Waals surface area contributed by atoms with Crippen molar-refractivity contribution >= 4 is 16.1 Å². The molecule has 1 fully saturated rings. The van der Waals surface area contributed by atoms with Crippen LogP contribution in [-0.4, -0.2) is 60.0 Å². The summed E-state index contributed by atoms with van der Waals surface area (Å²) < 4.78 is 6.52. The molecule has 0 radical (unpaired) electrons. The van der Waals surface area contributed by atoms with E-state index in [0.29, 0.717) is 0 Å². The van der Waals surface area contributed by atoms with E-state index in [1.54, 1.807) is 0 Å². The van der Waals surface area contributed by atoms with Crippen molar-refractivity contribution in [1.29, 1.82) is 0 Å². The molecule has 2 rings (SSSR count). The molecule has 0 aromatic carbocycles. The molecule has 5 N–H and O–H groups in total. The predicted molar refractivity (Wildman–Crippen MR) is 64.8 cm³/mol. The Balaban J connectivity index is 2.46. The maximum Gasteiger partial charge on any atom is 0.351 e.